The topological polar surface area (TPSA) is 53.1 Å². The molecule has 4 nitrogen and oxygen atoms in total. The molecule has 1 aliphatic rings. The summed E-state index contributed by atoms with van der Waals surface area (Å²) < 4.78 is 0. The minimum atomic E-state index is 0.170. The predicted molar refractivity (Wildman–Crippen MR) is 105 cm³/mol. The fourth-order valence-electron chi connectivity index (χ4n) is 3.96. The monoisotopic (exact) mass is 334 g/mol. The normalized spacial score (nSPS) is 18.2. The number of hydrazone groups is 1. The van der Waals surface area contributed by atoms with Crippen molar-refractivity contribution in [3.63, 3.8) is 0 Å². The quantitative estimate of drug-likeness (QED) is 0.668. The summed E-state index contributed by atoms with van der Waals surface area (Å²) in [5.74, 6) is 0. The van der Waals surface area contributed by atoms with Gasteiger partial charge in [0.2, 0.25) is 0 Å². The Morgan fingerprint density at radius 3 is 2.72 bits per heavy atom. The second kappa shape index (κ2) is 5.58. The molecule has 0 atom stereocenters. The highest BCUT2D eigenvalue weighted by molar-refractivity contribution is 6.18. The molecule has 2 heterocycles. The first-order chi connectivity index (χ1) is 11.9. The Bertz CT molecular complexity index is 992. The maximum absolute atomic E-state index is 5.01. The van der Waals surface area contributed by atoms with E-state index in [1.165, 1.54) is 21.9 Å². The lowest BCUT2D eigenvalue weighted by Crippen LogP contribution is -2.31. The van der Waals surface area contributed by atoms with Crippen LogP contribution >= 0.6 is 0 Å². The SMILES string of the molecule is Cc1nc2c(c3[nH]c4ccccc4c13)/C(=N/NC(C)C)CC(C)(C)C2. The van der Waals surface area contributed by atoms with Crippen molar-refractivity contribution >= 4 is 27.5 Å². The number of nitrogens with zero attached hydrogens (tertiary/aromatic N) is 2. The molecule has 0 spiro atoms. The molecule has 0 unspecified atom stereocenters. The third kappa shape index (κ3) is 2.70. The third-order valence-corrected chi connectivity index (χ3v) is 4.95. The molecule has 0 bridgehead atoms. The van der Waals surface area contributed by atoms with Gasteiger partial charge in [0.15, 0.2) is 0 Å². The molecule has 130 valence electrons. The number of aryl methyl sites for hydroxylation is 1. The fraction of sp³-hybridized carbons (Fsp3) is 0.429. The van der Waals surface area contributed by atoms with Crippen LogP contribution in [0.5, 0.6) is 0 Å². The summed E-state index contributed by atoms with van der Waals surface area (Å²) in [5, 5.41) is 7.25. The summed E-state index contributed by atoms with van der Waals surface area (Å²) >= 11 is 0. The Kier molecular flexibility index (Phi) is 3.60. The van der Waals surface area contributed by atoms with Crippen molar-refractivity contribution < 1.29 is 0 Å². The highest BCUT2D eigenvalue weighted by Crippen LogP contribution is 2.39. The van der Waals surface area contributed by atoms with E-state index in [4.69, 9.17) is 10.1 Å². The number of H-pyrrole nitrogens is 1. The van der Waals surface area contributed by atoms with Gasteiger partial charge in [0.05, 0.1) is 16.9 Å². The molecule has 2 aromatic heterocycles. The number of aromatic nitrogens is 2. The van der Waals surface area contributed by atoms with Crippen molar-refractivity contribution in [2.24, 2.45) is 10.5 Å². The fourth-order valence-corrected chi connectivity index (χ4v) is 3.96. The third-order valence-electron chi connectivity index (χ3n) is 4.95. The zero-order valence-corrected chi connectivity index (χ0v) is 15.7. The number of benzene rings is 1. The Morgan fingerprint density at radius 1 is 1.20 bits per heavy atom. The van der Waals surface area contributed by atoms with Crippen LogP contribution in [-0.4, -0.2) is 21.7 Å². The van der Waals surface area contributed by atoms with Gasteiger partial charge in [-0.2, -0.15) is 5.10 Å². The van der Waals surface area contributed by atoms with Gasteiger partial charge in [-0.1, -0.05) is 32.0 Å². The van der Waals surface area contributed by atoms with Gasteiger partial charge in [0.1, 0.15) is 0 Å². The molecule has 0 fully saturated rings. The van der Waals surface area contributed by atoms with E-state index in [0.29, 0.717) is 6.04 Å². The zero-order valence-electron chi connectivity index (χ0n) is 15.7. The van der Waals surface area contributed by atoms with Gasteiger partial charge in [-0.05, 0) is 45.1 Å². The first-order valence-corrected chi connectivity index (χ1v) is 9.08. The molecule has 1 aliphatic carbocycles. The van der Waals surface area contributed by atoms with Crippen LogP contribution in [0.4, 0.5) is 0 Å². The van der Waals surface area contributed by atoms with Crippen LogP contribution in [0, 0.1) is 12.3 Å². The van der Waals surface area contributed by atoms with Crippen molar-refractivity contribution in [2.75, 3.05) is 0 Å². The average molecular weight is 334 g/mol. The highest BCUT2D eigenvalue weighted by atomic mass is 15.3. The second-order valence-electron chi connectivity index (χ2n) is 8.30. The van der Waals surface area contributed by atoms with Crippen LogP contribution in [0.1, 0.15) is 51.1 Å². The molecule has 2 N–H and O–H groups in total. The minimum Gasteiger partial charge on any atom is -0.354 e. The number of rotatable bonds is 2. The van der Waals surface area contributed by atoms with Gasteiger partial charge in [-0.25, -0.2) is 0 Å². The maximum atomic E-state index is 5.01. The zero-order chi connectivity index (χ0) is 17.8. The van der Waals surface area contributed by atoms with Crippen LogP contribution in [0.3, 0.4) is 0 Å². The van der Waals surface area contributed by atoms with Crippen molar-refractivity contribution in [2.45, 2.75) is 53.5 Å². The second-order valence-corrected chi connectivity index (χ2v) is 8.30. The van der Waals surface area contributed by atoms with Crippen molar-refractivity contribution in [3.8, 4) is 0 Å². The van der Waals surface area contributed by atoms with Gasteiger partial charge >= 0.3 is 0 Å². The molecule has 0 amide bonds. The smallest absolute Gasteiger partial charge is 0.0720 e. The summed E-state index contributed by atoms with van der Waals surface area (Å²) in [6.45, 7) is 10.9. The van der Waals surface area contributed by atoms with Gasteiger partial charge in [-0.15, -0.1) is 0 Å². The van der Waals surface area contributed by atoms with E-state index in [0.717, 1.165) is 35.5 Å². The number of pyridine rings is 1. The molecule has 3 aromatic rings. The number of fused-ring (bicyclic) bond motifs is 5. The van der Waals surface area contributed by atoms with E-state index in [2.05, 4.69) is 69.3 Å². The lowest BCUT2D eigenvalue weighted by atomic mass is 9.74. The number of nitrogens with one attached hydrogen (secondary N) is 2. The van der Waals surface area contributed by atoms with Gasteiger partial charge < -0.3 is 10.4 Å². The summed E-state index contributed by atoms with van der Waals surface area (Å²) in [5.41, 5.74) is 10.3. The van der Waals surface area contributed by atoms with E-state index in [-0.39, 0.29) is 5.41 Å². The van der Waals surface area contributed by atoms with Crippen LogP contribution in [0.25, 0.3) is 21.8 Å². The van der Waals surface area contributed by atoms with Crippen LogP contribution in [0.15, 0.2) is 29.4 Å². The molecule has 0 aliphatic heterocycles. The molecule has 4 rings (SSSR count). The summed E-state index contributed by atoms with van der Waals surface area (Å²) in [6.07, 6.45) is 1.93. The van der Waals surface area contributed by atoms with Gasteiger partial charge in [0, 0.05) is 33.6 Å². The Labute approximate surface area is 148 Å². The van der Waals surface area contributed by atoms with Crippen molar-refractivity contribution in [1.29, 1.82) is 0 Å². The lowest BCUT2D eigenvalue weighted by Gasteiger charge is -2.32. The van der Waals surface area contributed by atoms with Crippen molar-refractivity contribution in [3.05, 3.63) is 41.2 Å². The van der Waals surface area contributed by atoms with Gasteiger partial charge in [-0.3, -0.25) is 4.98 Å². The summed E-state index contributed by atoms with van der Waals surface area (Å²) in [4.78, 5) is 8.65. The molecular formula is C21H26N4. The largest absolute Gasteiger partial charge is 0.354 e. The van der Waals surface area contributed by atoms with E-state index in [1.54, 1.807) is 0 Å². The minimum absolute atomic E-state index is 0.170. The van der Waals surface area contributed by atoms with E-state index < -0.39 is 0 Å². The highest BCUT2D eigenvalue weighted by Gasteiger charge is 2.33. The molecule has 0 saturated carbocycles. The first-order valence-electron chi connectivity index (χ1n) is 9.08. The van der Waals surface area contributed by atoms with Crippen molar-refractivity contribution in [1.82, 2.24) is 15.4 Å². The predicted octanol–water partition coefficient (Wildman–Crippen LogP) is 4.70. The molecule has 0 radical (unpaired) electrons. The van der Waals surface area contributed by atoms with Gasteiger partial charge in [0.25, 0.3) is 0 Å². The first kappa shape index (κ1) is 16.1. The molecule has 4 heteroatoms. The molecule has 25 heavy (non-hydrogen) atoms. The molecular weight excluding hydrogens is 308 g/mol. The molecule has 0 saturated heterocycles. The van der Waals surface area contributed by atoms with Crippen LogP contribution in [0.2, 0.25) is 0 Å². The van der Waals surface area contributed by atoms with Crippen LogP contribution in [-0.2, 0) is 6.42 Å². The Balaban J connectivity index is 2.05. The molecule has 1 aromatic carbocycles. The van der Waals surface area contributed by atoms with E-state index in [1.807, 2.05) is 0 Å². The standard InChI is InChI=1S/C21H26N4/c1-12(2)24-25-17-11-21(4,5)10-16-19(17)20-18(13(3)22-16)14-8-6-7-9-15(14)23-20/h6-9,12,23-24H,10-11H2,1-5H3/b25-17+. The Morgan fingerprint density at radius 2 is 1.96 bits per heavy atom. The number of hydrogen-bond acceptors (Lipinski definition) is 3. The van der Waals surface area contributed by atoms with E-state index >= 15 is 0 Å². The number of aromatic amines is 1. The average Bonchev–Trinajstić information content (AvgIpc) is 2.91. The van der Waals surface area contributed by atoms with E-state index in [9.17, 15) is 0 Å². The lowest BCUT2D eigenvalue weighted by molar-refractivity contribution is 0.366. The maximum Gasteiger partial charge on any atom is 0.0720 e. The number of hydrogen-bond donors (Lipinski definition) is 2. The Hall–Kier alpha value is -2.36. The van der Waals surface area contributed by atoms with Crippen LogP contribution < -0.4 is 5.43 Å². The number of para-hydroxylation sites is 1. The summed E-state index contributed by atoms with van der Waals surface area (Å²) in [7, 11) is 0. The summed E-state index contributed by atoms with van der Waals surface area (Å²) in [6, 6.07) is 8.79.